The van der Waals surface area contributed by atoms with E-state index in [2.05, 4.69) is 22.3 Å². The van der Waals surface area contributed by atoms with Crippen molar-refractivity contribution in [2.45, 2.75) is 38.8 Å². The molecule has 1 fully saturated rings. The van der Waals surface area contributed by atoms with Crippen molar-refractivity contribution in [2.75, 3.05) is 19.6 Å². The van der Waals surface area contributed by atoms with Crippen molar-refractivity contribution in [3.63, 3.8) is 0 Å². The fourth-order valence-electron chi connectivity index (χ4n) is 3.08. The molecular weight excluding hydrogens is 300 g/mol. The third-order valence-electron chi connectivity index (χ3n) is 4.34. The summed E-state index contributed by atoms with van der Waals surface area (Å²) < 4.78 is 0. The average molecular weight is 325 g/mol. The van der Waals surface area contributed by atoms with Gasteiger partial charge in [0.2, 0.25) is 0 Å². The molecule has 4 nitrogen and oxygen atoms in total. The summed E-state index contributed by atoms with van der Waals surface area (Å²) in [5, 5.41) is 13.0. The van der Waals surface area contributed by atoms with Crippen LogP contribution in [0.3, 0.4) is 0 Å². The van der Waals surface area contributed by atoms with Gasteiger partial charge in [0.15, 0.2) is 0 Å². The average Bonchev–Trinajstić information content (AvgIpc) is 2.51. The molecule has 0 amide bonds. The number of hydrogen-bond acceptors (Lipinski definition) is 3. The summed E-state index contributed by atoms with van der Waals surface area (Å²) in [6, 6.07) is 7.59. The van der Waals surface area contributed by atoms with Crippen LogP contribution < -0.4 is 5.32 Å². The van der Waals surface area contributed by atoms with Crippen molar-refractivity contribution in [3.8, 4) is 0 Å². The largest absolute Gasteiger partial charge is 0.480 e. The maximum Gasteiger partial charge on any atom is 0.320 e. The minimum Gasteiger partial charge on any atom is -0.480 e. The van der Waals surface area contributed by atoms with Crippen LogP contribution in [0.4, 0.5) is 0 Å². The summed E-state index contributed by atoms with van der Waals surface area (Å²) in [4.78, 5) is 13.6. The summed E-state index contributed by atoms with van der Waals surface area (Å²) >= 11 is 5.91. The second kappa shape index (κ2) is 8.51. The van der Waals surface area contributed by atoms with Gasteiger partial charge in [-0.2, -0.15) is 0 Å². The van der Waals surface area contributed by atoms with Gasteiger partial charge in [-0.1, -0.05) is 30.7 Å². The lowest BCUT2D eigenvalue weighted by molar-refractivity contribution is -0.140. The summed E-state index contributed by atoms with van der Waals surface area (Å²) in [6.45, 7) is 5.66. The van der Waals surface area contributed by atoms with Crippen LogP contribution in [0.15, 0.2) is 24.3 Å². The number of hydrogen-bond donors (Lipinski definition) is 2. The van der Waals surface area contributed by atoms with Gasteiger partial charge in [-0.15, -0.1) is 0 Å². The minimum atomic E-state index is -0.731. The van der Waals surface area contributed by atoms with Gasteiger partial charge in [0.05, 0.1) is 0 Å². The maximum atomic E-state index is 11.2. The van der Waals surface area contributed by atoms with Crippen molar-refractivity contribution in [1.82, 2.24) is 10.2 Å². The standard InChI is InChI=1S/C17H25ClN2O2/c1-2-19-16(17(21)22)11-13-7-9-20(10-8-13)12-14-3-5-15(18)6-4-14/h3-6,13,16,19H,2,7-12H2,1H3,(H,21,22). The lowest BCUT2D eigenvalue weighted by atomic mass is 9.90. The number of likely N-dealkylation sites (N-methyl/N-ethyl adjacent to an activating group) is 1. The number of likely N-dealkylation sites (tertiary alicyclic amines) is 1. The number of aliphatic carboxylic acids is 1. The molecule has 1 unspecified atom stereocenters. The van der Waals surface area contributed by atoms with Crippen molar-refractivity contribution in [3.05, 3.63) is 34.9 Å². The number of nitrogens with one attached hydrogen (secondary N) is 1. The molecular formula is C17H25ClN2O2. The Hall–Kier alpha value is -1.10. The van der Waals surface area contributed by atoms with E-state index in [1.807, 2.05) is 19.1 Å². The summed E-state index contributed by atoms with van der Waals surface area (Å²) in [7, 11) is 0. The van der Waals surface area contributed by atoms with E-state index in [4.69, 9.17) is 11.6 Å². The lowest BCUT2D eigenvalue weighted by Crippen LogP contribution is -2.41. The molecule has 1 saturated heterocycles. The highest BCUT2D eigenvalue weighted by molar-refractivity contribution is 6.30. The zero-order valence-corrected chi connectivity index (χ0v) is 13.9. The Kier molecular flexibility index (Phi) is 6.68. The van der Waals surface area contributed by atoms with Crippen LogP contribution in [0.2, 0.25) is 5.02 Å². The van der Waals surface area contributed by atoms with Crippen LogP contribution in [0.1, 0.15) is 31.7 Å². The van der Waals surface area contributed by atoms with E-state index in [1.165, 1.54) is 5.56 Å². The fraction of sp³-hybridized carbons (Fsp3) is 0.588. The number of carbonyl (C=O) groups is 1. The summed E-state index contributed by atoms with van der Waals surface area (Å²) in [6.07, 6.45) is 2.88. The highest BCUT2D eigenvalue weighted by Gasteiger charge is 2.25. The molecule has 122 valence electrons. The van der Waals surface area contributed by atoms with Crippen LogP contribution in [-0.4, -0.2) is 41.7 Å². The lowest BCUT2D eigenvalue weighted by Gasteiger charge is -2.33. The summed E-state index contributed by atoms with van der Waals surface area (Å²) in [5.74, 6) is -0.230. The molecule has 2 N–H and O–H groups in total. The monoisotopic (exact) mass is 324 g/mol. The molecule has 0 spiro atoms. The molecule has 0 saturated carbocycles. The maximum absolute atomic E-state index is 11.2. The van der Waals surface area contributed by atoms with E-state index in [9.17, 15) is 9.90 Å². The van der Waals surface area contributed by atoms with Gasteiger partial charge in [0.25, 0.3) is 0 Å². The first-order valence-corrected chi connectivity index (χ1v) is 8.39. The van der Waals surface area contributed by atoms with Crippen molar-refractivity contribution >= 4 is 17.6 Å². The summed E-state index contributed by atoms with van der Waals surface area (Å²) in [5.41, 5.74) is 1.28. The van der Waals surface area contributed by atoms with Gasteiger partial charge in [0, 0.05) is 11.6 Å². The molecule has 1 aromatic rings. The van der Waals surface area contributed by atoms with E-state index < -0.39 is 12.0 Å². The molecule has 2 rings (SSSR count). The highest BCUT2D eigenvalue weighted by Crippen LogP contribution is 2.23. The van der Waals surface area contributed by atoms with E-state index in [0.29, 0.717) is 12.5 Å². The highest BCUT2D eigenvalue weighted by atomic mass is 35.5. The molecule has 1 heterocycles. The first kappa shape index (κ1) is 17.3. The van der Waals surface area contributed by atoms with Gasteiger partial charge in [-0.25, -0.2) is 0 Å². The number of rotatable bonds is 7. The molecule has 0 aromatic heterocycles. The second-order valence-electron chi connectivity index (χ2n) is 6.03. The molecule has 1 atom stereocenters. The van der Waals surface area contributed by atoms with Crippen LogP contribution in [0.25, 0.3) is 0 Å². The number of benzene rings is 1. The molecule has 1 aromatic carbocycles. The fourth-order valence-corrected chi connectivity index (χ4v) is 3.21. The van der Waals surface area contributed by atoms with Gasteiger partial charge in [-0.05, 0) is 62.5 Å². The van der Waals surface area contributed by atoms with Crippen LogP contribution in [0.5, 0.6) is 0 Å². The molecule has 0 bridgehead atoms. The van der Waals surface area contributed by atoms with E-state index in [0.717, 1.165) is 43.9 Å². The quantitative estimate of drug-likeness (QED) is 0.809. The van der Waals surface area contributed by atoms with Crippen molar-refractivity contribution in [2.24, 2.45) is 5.92 Å². The Bertz CT molecular complexity index is 470. The van der Waals surface area contributed by atoms with Crippen LogP contribution in [0, 0.1) is 5.92 Å². The zero-order chi connectivity index (χ0) is 15.9. The smallest absolute Gasteiger partial charge is 0.320 e. The Morgan fingerprint density at radius 3 is 2.55 bits per heavy atom. The minimum absolute atomic E-state index is 0.405. The number of carboxylic acid groups (broad SMARTS) is 1. The SMILES string of the molecule is CCNC(CC1CCN(Cc2ccc(Cl)cc2)CC1)C(=O)O. The molecule has 0 aliphatic carbocycles. The van der Waals surface area contributed by atoms with Gasteiger partial charge >= 0.3 is 5.97 Å². The van der Waals surface area contributed by atoms with E-state index >= 15 is 0 Å². The second-order valence-corrected chi connectivity index (χ2v) is 6.47. The predicted molar refractivity (Wildman–Crippen MR) is 89.2 cm³/mol. The van der Waals surface area contributed by atoms with Gasteiger partial charge in [-0.3, -0.25) is 9.69 Å². The topological polar surface area (TPSA) is 52.6 Å². The number of nitrogens with zero attached hydrogens (tertiary/aromatic N) is 1. The Balaban J connectivity index is 1.77. The van der Waals surface area contributed by atoms with Crippen molar-refractivity contribution in [1.29, 1.82) is 0 Å². The third kappa shape index (κ3) is 5.27. The Morgan fingerprint density at radius 1 is 1.36 bits per heavy atom. The number of halogens is 1. The normalized spacial score (nSPS) is 18.3. The molecule has 1 aliphatic heterocycles. The first-order chi connectivity index (χ1) is 10.6. The van der Waals surface area contributed by atoms with Gasteiger partial charge < -0.3 is 10.4 Å². The zero-order valence-electron chi connectivity index (χ0n) is 13.1. The van der Waals surface area contributed by atoms with Gasteiger partial charge in [0.1, 0.15) is 6.04 Å². The molecule has 1 aliphatic rings. The number of piperidine rings is 1. The number of carboxylic acids is 1. The molecule has 5 heteroatoms. The van der Waals surface area contributed by atoms with E-state index in [1.54, 1.807) is 0 Å². The predicted octanol–water partition coefficient (Wildman–Crippen LogP) is 3.00. The third-order valence-corrected chi connectivity index (χ3v) is 4.60. The molecule has 0 radical (unpaired) electrons. The Labute approximate surface area is 137 Å². The Morgan fingerprint density at radius 2 is 2.00 bits per heavy atom. The van der Waals surface area contributed by atoms with Crippen LogP contribution in [-0.2, 0) is 11.3 Å². The first-order valence-electron chi connectivity index (χ1n) is 8.01. The van der Waals surface area contributed by atoms with Crippen molar-refractivity contribution < 1.29 is 9.90 Å². The van der Waals surface area contributed by atoms with Crippen LogP contribution >= 0.6 is 11.6 Å². The molecule has 22 heavy (non-hydrogen) atoms. The van der Waals surface area contributed by atoms with E-state index in [-0.39, 0.29) is 0 Å².